The molecule has 17 heavy (non-hydrogen) atoms. The molecule has 1 saturated carbocycles. The van der Waals surface area contributed by atoms with E-state index in [-0.39, 0.29) is 5.92 Å². The number of aliphatic carboxylic acids is 1. The fourth-order valence-corrected chi connectivity index (χ4v) is 1.83. The topological polar surface area (TPSA) is 66.4 Å². The summed E-state index contributed by atoms with van der Waals surface area (Å²) in [5.41, 5.74) is 0. The minimum atomic E-state index is -2.77. The Morgan fingerprint density at radius 3 is 2.29 bits per heavy atom. The number of carboxylic acid groups (broad SMARTS) is 1. The van der Waals surface area contributed by atoms with Crippen LogP contribution in [-0.2, 0) is 9.59 Å². The van der Waals surface area contributed by atoms with Crippen LogP contribution >= 0.6 is 0 Å². The van der Waals surface area contributed by atoms with Crippen molar-refractivity contribution in [2.75, 3.05) is 0 Å². The van der Waals surface area contributed by atoms with Crippen molar-refractivity contribution >= 4 is 11.9 Å². The molecule has 4 nitrogen and oxygen atoms in total. The highest BCUT2D eigenvalue weighted by Gasteiger charge is 2.49. The van der Waals surface area contributed by atoms with Gasteiger partial charge in [-0.1, -0.05) is 13.8 Å². The normalized spacial score (nSPS) is 20.8. The Bertz CT molecular complexity index is 310. The van der Waals surface area contributed by atoms with Crippen molar-refractivity contribution in [2.45, 2.75) is 45.1 Å². The Balaban J connectivity index is 2.45. The van der Waals surface area contributed by atoms with Crippen LogP contribution in [0.4, 0.5) is 8.78 Å². The molecule has 6 heteroatoms. The molecule has 0 aliphatic heterocycles. The van der Waals surface area contributed by atoms with E-state index in [9.17, 15) is 18.4 Å². The third-order valence-corrected chi connectivity index (χ3v) is 2.78. The zero-order valence-corrected chi connectivity index (χ0v) is 9.87. The Labute approximate surface area is 98.4 Å². The number of rotatable bonds is 5. The molecule has 0 heterocycles. The van der Waals surface area contributed by atoms with Crippen LogP contribution in [0.25, 0.3) is 0 Å². The van der Waals surface area contributed by atoms with Crippen LogP contribution in [0.2, 0.25) is 0 Å². The predicted molar refractivity (Wildman–Crippen MR) is 56.7 cm³/mol. The molecule has 0 aromatic carbocycles. The number of carbonyl (C=O) groups is 2. The summed E-state index contributed by atoms with van der Waals surface area (Å²) >= 11 is 0. The molecule has 1 rings (SSSR count). The first kappa shape index (κ1) is 13.9. The molecule has 0 aromatic rings. The molecule has 0 radical (unpaired) electrons. The molecule has 0 unspecified atom stereocenters. The van der Waals surface area contributed by atoms with Gasteiger partial charge in [0.2, 0.25) is 11.8 Å². The third kappa shape index (κ3) is 3.94. The Kier molecular flexibility index (Phi) is 4.06. The second kappa shape index (κ2) is 4.98. The molecule has 1 aliphatic carbocycles. The van der Waals surface area contributed by atoms with Crippen LogP contribution in [0.3, 0.4) is 0 Å². The zero-order valence-electron chi connectivity index (χ0n) is 9.87. The summed E-state index contributed by atoms with van der Waals surface area (Å²) in [5.74, 6) is -5.11. The Morgan fingerprint density at radius 2 is 1.94 bits per heavy atom. The van der Waals surface area contributed by atoms with E-state index in [4.69, 9.17) is 5.11 Å². The Morgan fingerprint density at radius 1 is 1.41 bits per heavy atom. The van der Waals surface area contributed by atoms with E-state index in [0.29, 0.717) is 6.42 Å². The summed E-state index contributed by atoms with van der Waals surface area (Å²) in [6, 6.07) is -0.989. The molecule has 0 aromatic heterocycles. The van der Waals surface area contributed by atoms with Crippen LogP contribution in [0.15, 0.2) is 0 Å². The number of amides is 1. The lowest BCUT2D eigenvalue weighted by Crippen LogP contribution is -2.50. The van der Waals surface area contributed by atoms with Crippen LogP contribution in [0.5, 0.6) is 0 Å². The van der Waals surface area contributed by atoms with E-state index in [1.165, 1.54) is 0 Å². The Hall–Kier alpha value is -1.20. The standard InChI is InChI=1S/C11H17F2NO3/c1-6(2)3-8(10(16)17)14-9(15)7-4-11(12,13)5-7/h6-8H,3-5H2,1-2H3,(H,14,15)(H,16,17)/t8-/m0/s1. The van der Waals surface area contributed by atoms with Crippen molar-refractivity contribution in [3.8, 4) is 0 Å². The molecule has 1 atom stereocenters. The van der Waals surface area contributed by atoms with E-state index in [1.54, 1.807) is 0 Å². The number of carboxylic acids is 1. The zero-order chi connectivity index (χ0) is 13.2. The van der Waals surface area contributed by atoms with Crippen LogP contribution in [0.1, 0.15) is 33.1 Å². The van der Waals surface area contributed by atoms with Gasteiger partial charge in [0.1, 0.15) is 6.04 Å². The number of halogens is 2. The molecule has 2 N–H and O–H groups in total. The highest BCUT2D eigenvalue weighted by molar-refractivity contribution is 5.85. The van der Waals surface area contributed by atoms with E-state index < -0.39 is 42.6 Å². The molecule has 0 bridgehead atoms. The SMILES string of the molecule is CC(C)C[C@H](NC(=O)C1CC(F)(F)C1)C(=O)O. The molecular weight excluding hydrogens is 232 g/mol. The number of nitrogens with one attached hydrogen (secondary N) is 1. The van der Waals surface area contributed by atoms with E-state index in [0.717, 1.165) is 0 Å². The van der Waals surface area contributed by atoms with Crippen molar-refractivity contribution in [3.05, 3.63) is 0 Å². The first-order valence-corrected chi connectivity index (χ1v) is 5.62. The van der Waals surface area contributed by atoms with Crippen molar-refractivity contribution in [1.29, 1.82) is 0 Å². The summed E-state index contributed by atoms with van der Waals surface area (Å²) in [6.07, 6.45) is -0.663. The molecule has 0 spiro atoms. The molecule has 1 fully saturated rings. The van der Waals surface area contributed by atoms with Gasteiger partial charge in [-0.2, -0.15) is 0 Å². The smallest absolute Gasteiger partial charge is 0.326 e. The minimum Gasteiger partial charge on any atom is -0.480 e. The van der Waals surface area contributed by atoms with Gasteiger partial charge in [0.25, 0.3) is 0 Å². The number of carbonyl (C=O) groups excluding carboxylic acids is 1. The van der Waals surface area contributed by atoms with Crippen molar-refractivity contribution in [3.63, 3.8) is 0 Å². The number of alkyl halides is 2. The van der Waals surface area contributed by atoms with E-state index >= 15 is 0 Å². The van der Waals surface area contributed by atoms with Crippen molar-refractivity contribution < 1.29 is 23.5 Å². The van der Waals surface area contributed by atoms with Gasteiger partial charge in [-0.05, 0) is 12.3 Å². The minimum absolute atomic E-state index is 0.110. The quantitative estimate of drug-likeness (QED) is 0.778. The van der Waals surface area contributed by atoms with Gasteiger partial charge >= 0.3 is 5.97 Å². The highest BCUT2D eigenvalue weighted by Crippen LogP contribution is 2.42. The van der Waals surface area contributed by atoms with Gasteiger partial charge in [-0.15, -0.1) is 0 Å². The lowest BCUT2D eigenvalue weighted by molar-refractivity contribution is -0.154. The number of hydrogen-bond donors (Lipinski definition) is 2. The maximum Gasteiger partial charge on any atom is 0.326 e. The number of hydrogen-bond acceptors (Lipinski definition) is 2. The summed E-state index contributed by atoms with van der Waals surface area (Å²) in [4.78, 5) is 22.4. The van der Waals surface area contributed by atoms with E-state index in [1.807, 2.05) is 13.8 Å². The van der Waals surface area contributed by atoms with Gasteiger partial charge in [0.05, 0.1) is 0 Å². The van der Waals surface area contributed by atoms with Crippen molar-refractivity contribution in [2.24, 2.45) is 11.8 Å². The highest BCUT2D eigenvalue weighted by atomic mass is 19.3. The molecule has 1 aliphatic rings. The predicted octanol–water partition coefficient (Wildman–Crippen LogP) is 1.65. The fourth-order valence-electron chi connectivity index (χ4n) is 1.83. The average molecular weight is 249 g/mol. The maximum atomic E-state index is 12.6. The first-order chi connectivity index (χ1) is 7.71. The average Bonchev–Trinajstić information content (AvgIpc) is 2.11. The van der Waals surface area contributed by atoms with Crippen LogP contribution in [-0.4, -0.2) is 28.9 Å². The summed E-state index contributed by atoms with van der Waals surface area (Å²) in [5, 5.41) is 11.2. The molecular formula is C11H17F2NO3. The van der Waals surface area contributed by atoms with Gasteiger partial charge < -0.3 is 10.4 Å². The summed E-state index contributed by atoms with van der Waals surface area (Å²) in [6.45, 7) is 3.67. The lowest BCUT2D eigenvalue weighted by Gasteiger charge is -2.34. The first-order valence-electron chi connectivity index (χ1n) is 5.62. The van der Waals surface area contributed by atoms with Gasteiger partial charge in [0, 0.05) is 18.8 Å². The molecule has 1 amide bonds. The maximum absolute atomic E-state index is 12.6. The van der Waals surface area contributed by atoms with Gasteiger partial charge in [-0.3, -0.25) is 4.79 Å². The molecule has 98 valence electrons. The van der Waals surface area contributed by atoms with Crippen molar-refractivity contribution in [1.82, 2.24) is 5.32 Å². The summed E-state index contributed by atoms with van der Waals surface area (Å²) in [7, 11) is 0. The monoisotopic (exact) mass is 249 g/mol. The summed E-state index contributed by atoms with van der Waals surface area (Å²) < 4.78 is 25.1. The van der Waals surface area contributed by atoms with Crippen LogP contribution in [0, 0.1) is 11.8 Å². The molecule has 0 saturated heterocycles. The van der Waals surface area contributed by atoms with Gasteiger partial charge in [-0.25, -0.2) is 13.6 Å². The van der Waals surface area contributed by atoms with Crippen LogP contribution < -0.4 is 5.32 Å². The second-order valence-electron chi connectivity index (χ2n) is 4.99. The lowest BCUT2D eigenvalue weighted by atomic mass is 9.80. The van der Waals surface area contributed by atoms with Gasteiger partial charge in [0.15, 0.2) is 0 Å². The second-order valence-corrected chi connectivity index (χ2v) is 4.99. The fraction of sp³-hybridized carbons (Fsp3) is 0.818. The third-order valence-electron chi connectivity index (χ3n) is 2.78. The largest absolute Gasteiger partial charge is 0.480 e. The van der Waals surface area contributed by atoms with E-state index in [2.05, 4.69) is 5.32 Å².